The van der Waals surface area contributed by atoms with Gasteiger partial charge in [0.1, 0.15) is 0 Å². The van der Waals surface area contributed by atoms with Crippen molar-refractivity contribution < 1.29 is 0 Å². The molecule has 0 aromatic rings. The van der Waals surface area contributed by atoms with Crippen molar-refractivity contribution >= 4 is 0 Å². The van der Waals surface area contributed by atoms with Crippen LogP contribution in [0.5, 0.6) is 0 Å². The fourth-order valence-corrected chi connectivity index (χ4v) is 1.15. The van der Waals surface area contributed by atoms with Crippen LogP contribution in [0.3, 0.4) is 0 Å². The summed E-state index contributed by atoms with van der Waals surface area (Å²) in [5.41, 5.74) is 0. The van der Waals surface area contributed by atoms with E-state index < -0.39 is 0 Å². The van der Waals surface area contributed by atoms with E-state index in [1.807, 2.05) is 0 Å². The van der Waals surface area contributed by atoms with Crippen LogP contribution in [-0.2, 0) is 0 Å². The van der Waals surface area contributed by atoms with Gasteiger partial charge in [0.25, 0.3) is 0 Å². The van der Waals surface area contributed by atoms with Crippen LogP contribution in [-0.4, -0.2) is 0 Å². The Morgan fingerprint density at radius 3 is 2.27 bits per heavy atom. The van der Waals surface area contributed by atoms with Gasteiger partial charge < -0.3 is 0 Å². The molecule has 0 saturated carbocycles. The first-order valence-electron chi connectivity index (χ1n) is 4.56. The Bertz CT molecular complexity index is 116. The van der Waals surface area contributed by atoms with Crippen molar-refractivity contribution in [2.24, 2.45) is 11.8 Å². The lowest BCUT2D eigenvalue weighted by Crippen LogP contribution is -1.94. The van der Waals surface area contributed by atoms with Gasteiger partial charge in [0.05, 0.1) is 0 Å². The maximum Gasteiger partial charge on any atom is 0.0125 e. The van der Waals surface area contributed by atoms with E-state index in [4.69, 9.17) is 6.42 Å². The van der Waals surface area contributed by atoms with Gasteiger partial charge in [-0.1, -0.05) is 39.5 Å². The Hall–Kier alpha value is -0.440. The Morgan fingerprint density at radius 1 is 1.18 bits per heavy atom. The SMILES string of the molecule is [C]#CCC(C)CCCC(C)C. The van der Waals surface area contributed by atoms with Crippen LogP contribution < -0.4 is 0 Å². The molecule has 0 spiro atoms. The summed E-state index contributed by atoms with van der Waals surface area (Å²) in [4.78, 5) is 0. The predicted molar refractivity (Wildman–Crippen MR) is 49.6 cm³/mol. The lowest BCUT2D eigenvalue weighted by Gasteiger charge is -2.08. The van der Waals surface area contributed by atoms with Gasteiger partial charge in [-0.15, -0.1) is 0 Å². The minimum atomic E-state index is 0.659. The third-order valence-electron chi connectivity index (χ3n) is 1.93. The standard InChI is InChI=1S/C11H19/c1-5-7-11(4)9-6-8-10(2)3/h10-11H,6-9H2,2-4H3. The molecule has 0 rings (SSSR count). The zero-order valence-corrected chi connectivity index (χ0v) is 7.98. The lowest BCUT2D eigenvalue weighted by atomic mass is 9.98. The first-order valence-corrected chi connectivity index (χ1v) is 4.56. The van der Waals surface area contributed by atoms with E-state index in [9.17, 15) is 0 Å². The van der Waals surface area contributed by atoms with Crippen LogP contribution in [0, 0.1) is 24.2 Å². The quantitative estimate of drug-likeness (QED) is 0.528. The van der Waals surface area contributed by atoms with Crippen molar-refractivity contribution in [2.45, 2.75) is 46.5 Å². The summed E-state index contributed by atoms with van der Waals surface area (Å²) in [5.74, 6) is 3.94. The molecule has 0 saturated heterocycles. The Labute approximate surface area is 71.4 Å². The summed E-state index contributed by atoms with van der Waals surface area (Å²) in [7, 11) is 0. The topological polar surface area (TPSA) is 0 Å². The summed E-state index contributed by atoms with van der Waals surface area (Å²) in [6, 6.07) is 0. The minimum Gasteiger partial charge on any atom is -0.0888 e. The fourth-order valence-electron chi connectivity index (χ4n) is 1.15. The zero-order valence-electron chi connectivity index (χ0n) is 7.98. The van der Waals surface area contributed by atoms with E-state index in [0.717, 1.165) is 12.3 Å². The van der Waals surface area contributed by atoms with E-state index in [0.29, 0.717) is 5.92 Å². The van der Waals surface area contributed by atoms with E-state index in [1.165, 1.54) is 19.3 Å². The molecule has 1 radical (unpaired) electrons. The number of rotatable bonds is 5. The van der Waals surface area contributed by atoms with E-state index in [1.54, 1.807) is 0 Å². The summed E-state index contributed by atoms with van der Waals surface area (Å²) in [6.45, 7) is 6.71. The van der Waals surface area contributed by atoms with Crippen LogP contribution in [0.2, 0.25) is 0 Å². The maximum absolute atomic E-state index is 6.80. The van der Waals surface area contributed by atoms with E-state index >= 15 is 0 Å². The molecule has 0 aliphatic carbocycles. The molecule has 0 aromatic heterocycles. The second-order valence-electron chi connectivity index (χ2n) is 3.81. The average Bonchev–Trinajstić information content (AvgIpc) is 1.87. The Morgan fingerprint density at radius 2 is 1.82 bits per heavy atom. The molecule has 0 aliphatic rings. The Balaban J connectivity index is 3.18. The molecule has 0 heteroatoms. The molecule has 0 nitrogen and oxygen atoms in total. The summed E-state index contributed by atoms with van der Waals surface area (Å²) in [6.07, 6.45) is 11.5. The van der Waals surface area contributed by atoms with Crippen LogP contribution in [0.15, 0.2) is 0 Å². The molecule has 0 bridgehead atoms. The van der Waals surface area contributed by atoms with E-state index in [-0.39, 0.29) is 0 Å². The normalized spacial score (nSPS) is 13.0. The molecule has 1 atom stereocenters. The molecule has 0 heterocycles. The average molecular weight is 151 g/mol. The molecular weight excluding hydrogens is 132 g/mol. The van der Waals surface area contributed by atoms with Gasteiger partial charge in [0.2, 0.25) is 0 Å². The second-order valence-corrected chi connectivity index (χ2v) is 3.81. The van der Waals surface area contributed by atoms with Gasteiger partial charge in [0.15, 0.2) is 0 Å². The zero-order chi connectivity index (χ0) is 8.69. The van der Waals surface area contributed by atoms with Crippen molar-refractivity contribution in [1.29, 1.82) is 0 Å². The fraction of sp³-hybridized carbons (Fsp3) is 0.818. The first-order chi connectivity index (χ1) is 5.16. The van der Waals surface area contributed by atoms with Gasteiger partial charge in [-0.05, 0) is 24.7 Å². The largest absolute Gasteiger partial charge is 0.0888 e. The third-order valence-corrected chi connectivity index (χ3v) is 1.93. The van der Waals surface area contributed by atoms with Crippen molar-refractivity contribution in [2.75, 3.05) is 0 Å². The van der Waals surface area contributed by atoms with Gasteiger partial charge in [-0.2, -0.15) is 0 Å². The van der Waals surface area contributed by atoms with Crippen LogP contribution >= 0.6 is 0 Å². The highest BCUT2D eigenvalue weighted by atomic mass is 14.1. The first kappa shape index (κ1) is 10.6. The summed E-state index contributed by atoms with van der Waals surface area (Å²) < 4.78 is 0. The molecule has 63 valence electrons. The molecule has 1 unspecified atom stereocenters. The molecular formula is C11H19. The molecule has 0 aliphatic heterocycles. The van der Waals surface area contributed by atoms with Crippen molar-refractivity contribution in [3.63, 3.8) is 0 Å². The Kier molecular flexibility index (Phi) is 6.03. The van der Waals surface area contributed by atoms with Gasteiger partial charge >= 0.3 is 0 Å². The summed E-state index contributed by atoms with van der Waals surface area (Å²) in [5, 5.41) is 0. The number of hydrogen-bond donors (Lipinski definition) is 0. The molecule has 0 aromatic carbocycles. The van der Waals surface area contributed by atoms with Gasteiger partial charge in [0, 0.05) is 6.42 Å². The highest BCUT2D eigenvalue weighted by Gasteiger charge is 2.00. The second kappa shape index (κ2) is 6.28. The highest BCUT2D eigenvalue weighted by Crippen LogP contribution is 2.14. The molecule has 0 amide bonds. The molecule has 11 heavy (non-hydrogen) atoms. The monoisotopic (exact) mass is 151 g/mol. The van der Waals surface area contributed by atoms with Crippen molar-refractivity contribution in [1.82, 2.24) is 0 Å². The third kappa shape index (κ3) is 7.46. The van der Waals surface area contributed by atoms with Crippen LogP contribution in [0.1, 0.15) is 46.5 Å². The smallest absolute Gasteiger partial charge is 0.0125 e. The van der Waals surface area contributed by atoms with Crippen LogP contribution in [0.4, 0.5) is 0 Å². The number of hydrogen-bond acceptors (Lipinski definition) is 0. The molecule has 0 N–H and O–H groups in total. The molecule has 0 fully saturated rings. The van der Waals surface area contributed by atoms with E-state index in [2.05, 4.69) is 26.7 Å². The predicted octanol–water partition coefficient (Wildman–Crippen LogP) is 3.43. The van der Waals surface area contributed by atoms with Crippen molar-refractivity contribution in [3.05, 3.63) is 6.42 Å². The van der Waals surface area contributed by atoms with Gasteiger partial charge in [-0.3, -0.25) is 0 Å². The summed E-state index contributed by atoms with van der Waals surface area (Å²) >= 11 is 0. The minimum absolute atomic E-state index is 0.659. The van der Waals surface area contributed by atoms with Crippen LogP contribution in [0.25, 0.3) is 0 Å². The highest BCUT2D eigenvalue weighted by molar-refractivity contribution is 4.78. The maximum atomic E-state index is 6.80. The van der Waals surface area contributed by atoms with Crippen molar-refractivity contribution in [3.8, 4) is 5.92 Å². The van der Waals surface area contributed by atoms with Gasteiger partial charge in [-0.25, -0.2) is 0 Å². The lowest BCUT2D eigenvalue weighted by molar-refractivity contribution is 0.464.